The average Bonchev–Trinajstić information content (AvgIpc) is 3.18. The molecule has 0 amide bonds. The van der Waals surface area contributed by atoms with E-state index < -0.39 is 0 Å². The summed E-state index contributed by atoms with van der Waals surface area (Å²) < 4.78 is 7.18. The molecule has 4 nitrogen and oxygen atoms in total. The van der Waals surface area contributed by atoms with E-state index in [0.29, 0.717) is 23.8 Å². The summed E-state index contributed by atoms with van der Waals surface area (Å²) in [5.74, 6) is 0.913. The van der Waals surface area contributed by atoms with E-state index in [1.807, 2.05) is 6.07 Å². The molecule has 2 aliphatic carbocycles. The van der Waals surface area contributed by atoms with Crippen LogP contribution in [-0.2, 0) is 16.6 Å². The lowest BCUT2D eigenvalue weighted by molar-refractivity contribution is -0.156. The minimum atomic E-state index is -0.0879. The number of likely N-dealkylation sites (tertiary alicyclic amines) is 1. The van der Waals surface area contributed by atoms with Gasteiger partial charge in [-0.25, -0.2) is 0 Å². The maximum Gasteiger partial charge on any atom is 0.115 e. The van der Waals surface area contributed by atoms with E-state index in [1.165, 1.54) is 23.2 Å². The molecule has 0 spiro atoms. The predicted octanol–water partition coefficient (Wildman–Crippen LogP) is 3.33. The van der Waals surface area contributed by atoms with E-state index in [-0.39, 0.29) is 17.1 Å². The smallest absolute Gasteiger partial charge is 0.115 e. The van der Waals surface area contributed by atoms with Gasteiger partial charge < -0.3 is 19.6 Å². The first-order valence-corrected chi connectivity index (χ1v) is 11.2. The molecule has 1 saturated carbocycles. The molecule has 0 aromatic heterocycles. The fourth-order valence-electron chi connectivity index (χ4n) is 8.21. The number of fused-ring (bicyclic) bond motifs is 1. The molecule has 2 aromatic carbocycles. The third kappa shape index (κ3) is 1.80. The van der Waals surface area contributed by atoms with E-state index in [0.717, 1.165) is 32.4 Å². The van der Waals surface area contributed by atoms with Crippen molar-refractivity contribution >= 4 is 5.69 Å². The number of ether oxygens (including phenoxy) is 1. The molecule has 2 aromatic rings. The summed E-state index contributed by atoms with van der Waals surface area (Å²) >= 11 is 0. The molecule has 6 atom stereocenters. The highest BCUT2D eigenvalue weighted by Crippen LogP contribution is 2.69. The van der Waals surface area contributed by atoms with Crippen molar-refractivity contribution in [3.63, 3.8) is 0 Å². The van der Waals surface area contributed by atoms with Crippen LogP contribution in [0.2, 0.25) is 0 Å². The van der Waals surface area contributed by atoms with Crippen LogP contribution in [0.5, 0.6) is 5.75 Å². The van der Waals surface area contributed by atoms with Crippen molar-refractivity contribution in [2.45, 2.75) is 54.9 Å². The Morgan fingerprint density at radius 3 is 2.83 bits per heavy atom. The molecule has 3 saturated heterocycles. The second-order valence-electron chi connectivity index (χ2n) is 9.93. The van der Waals surface area contributed by atoms with E-state index in [4.69, 9.17) is 4.74 Å². The predicted molar refractivity (Wildman–Crippen MR) is 112 cm³/mol. The monoisotopic (exact) mass is 388 g/mol. The maximum atomic E-state index is 10.4. The van der Waals surface area contributed by atoms with Gasteiger partial charge in [0.15, 0.2) is 0 Å². The first kappa shape index (κ1) is 16.7. The Hall–Kier alpha value is -2.04. The van der Waals surface area contributed by atoms with Crippen LogP contribution >= 0.6 is 0 Å². The number of hydrogen-bond acceptors (Lipinski definition) is 4. The number of rotatable bonds is 1. The van der Waals surface area contributed by atoms with Crippen molar-refractivity contribution in [3.05, 3.63) is 59.7 Å². The largest absolute Gasteiger partial charge is 0.508 e. The van der Waals surface area contributed by atoms with Gasteiger partial charge in [-0.15, -0.1) is 0 Å². The lowest BCUT2D eigenvalue weighted by atomic mass is 9.46. The Morgan fingerprint density at radius 1 is 1.10 bits per heavy atom. The second kappa shape index (κ2) is 5.35. The summed E-state index contributed by atoms with van der Waals surface area (Å²) in [5.41, 5.74) is 4.10. The molecule has 7 rings (SSSR count). The Kier molecular flexibility index (Phi) is 3.09. The zero-order chi connectivity index (χ0) is 19.4. The van der Waals surface area contributed by atoms with E-state index in [2.05, 4.69) is 59.3 Å². The van der Waals surface area contributed by atoms with Gasteiger partial charge >= 0.3 is 0 Å². The number of benzene rings is 2. The second-order valence-corrected chi connectivity index (χ2v) is 9.93. The molecule has 4 fully saturated rings. The molecular weight excluding hydrogens is 360 g/mol. The van der Waals surface area contributed by atoms with Gasteiger partial charge in [0.2, 0.25) is 0 Å². The van der Waals surface area contributed by atoms with Crippen molar-refractivity contribution in [1.29, 1.82) is 0 Å². The summed E-state index contributed by atoms with van der Waals surface area (Å²) in [6.45, 7) is 2.11. The van der Waals surface area contributed by atoms with Crippen LogP contribution in [0, 0.1) is 5.92 Å². The standard InChI is InChI=1S/C25H28N2O2/c1-26-12-11-24-19-14-18(28)8-7-16(19)13-22(26)25(24)10-9-20-23(24)21(29-25)15-27(20)17-5-3-2-4-6-17/h2-8,14,20-23,28H,9-13,15H2,1H3/t20-,21-,22-,23+,24+,25-/m1/s1. The first-order valence-electron chi connectivity index (χ1n) is 11.2. The minimum absolute atomic E-state index is 0.0353. The van der Waals surface area contributed by atoms with Crippen LogP contribution in [-0.4, -0.2) is 53.9 Å². The number of piperidine rings is 1. The average molecular weight is 389 g/mol. The normalized spacial score (nSPS) is 41.9. The topological polar surface area (TPSA) is 35.9 Å². The molecular formula is C25H28N2O2. The molecule has 150 valence electrons. The van der Waals surface area contributed by atoms with Gasteiger partial charge in [-0.2, -0.15) is 0 Å². The molecule has 3 heterocycles. The highest BCUT2D eigenvalue weighted by Gasteiger charge is 2.77. The van der Waals surface area contributed by atoms with Gasteiger partial charge in [0.05, 0.1) is 11.7 Å². The molecule has 4 heteroatoms. The maximum absolute atomic E-state index is 10.4. The third-order valence-electron chi connectivity index (χ3n) is 9.09. The van der Waals surface area contributed by atoms with E-state index >= 15 is 0 Å². The minimum Gasteiger partial charge on any atom is -0.508 e. The number of phenols is 1. The van der Waals surface area contributed by atoms with Crippen molar-refractivity contribution in [2.75, 3.05) is 25.0 Å². The number of phenolic OH excluding ortho intramolecular Hbond substituents is 1. The number of aromatic hydroxyl groups is 1. The third-order valence-corrected chi connectivity index (χ3v) is 9.09. The molecule has 5 aliphatic rings. The Bertz CT molecular complexity index is 994. The van der Waals surface area contributed by atoms with Gasteiger partial charge in [-0.1, -0.05) is 24.3 Å². The first-order chi connectivity index (χ1) is 14.1. The Morgan fingerprint density at radius 2 is 1.97 bits per heavy atom. The lowest BCUT2D eigenvalue weighted by Crippen LogP contribution is -2.73. The van der Waals surface area contributed by atoms with Gasteiger partial charge in [0.25, 0.3) is 0 Å². The molecule has 4 bridgehead atoms. The van der Waals surface area contributed by atoms with Crippen molar-refractivity contribution in [3.8, 4) is 5.75 Å². The van der Waals surface area contributed by atoms with Gasteiger partial charge in [0.1, 0.15) is 5.75 Å². The Labute approximate surface area is 172 Å². The van der Waals surface area contributed by atoms with Gasteiger partial charge in [0, 0.05) is 35.6 Å². The fourth-order valence-corrected chi connectivity index (χ4v) is 8.21. The number of hydrogen-bond donors (Lipinski definition) is 1. The summed E-state index contributed by atoms with van der Waals surface area (Å²) in [6.07, 6.45) is 4.79. The fraction of sp³-hybridized carbons (Fsp3) is 0.520. The van der Waals surface area contributed by atoms with Gasteiger partial charge in [-0.3, -0.25) is 0 Å². The number of nitrogens with zero attached hydrogens (tertiary/aromatic N) is 2. The summed E-state index contributed by atoms with van der Waals surface area (Å²) in [7, 11) is 2.29. The Balaban J connectivity index is 1.44. The van der Waals surface area contributed by atoms with Crippen molar-refractivity contribution < 1.29 is 9.84 Å². The van der Waals surface area contributed by atoms with E-state index in [9.17, 15) is 5.11 Å². The van der Waals surface area contributed by atoms with Crippen LogP contribution < -0.4 is 4.90 Å². The zero-order valence-corrected chi connectivity index (χ0v) is 16.9. The van der Waals surface area contributed by atoms with Crippen LogP contribution in [0.15, 0.2) is 48.5 Å². The van der Waals surface area contributed by atoms with Crippen molar-refractivity contribution in [2.24, 2.45) is 5.92 Å². The quantitative estimate of drug-likeness (QED) is 0.813. The summed E-state index contributed by atoms with van der Waals surface area (Å²) in [6, 6.07) is 18.0. The van der Waals surface area contributed by atoms with Crippen LogP contribution in [0.1, 0.15) is 30.4 Å². The highest BCUT2D eigenvalue weighted by molar-refractivity contribution is 5.56. The van der Waals surface area contributed by atoms with Gasteiger partial charge in [-0.05, 0) is 74.7 Å². The SMILES string of the molecule is CN1CC[C@@]23c4cc(O)ccc4C[C@@H]1[C@]21CC[C@@H]2[C@H]3[C@@H](CN2c2ccccc2)O1. The molecule has 3 aliphatic heterocycles. The lowest BCUT2D eigenvalue weighted by Gasteiger charge is -2.64. The van der Waals surface area contributed by atoms with E-state index in [1.54, 1.807) is 0 Å². The molecule has 0 radical (unpaired) electrons. The molecule has 1 N–H and O–H groups in total. The highest BCUT2D eigenvalue weighted by atomic mass is 16.5. The number of likely N-dealkylation sites (N-methyl/N-ethyl adjacent to an activating group) is 1. The number of para-hydroxylation sites is 1. The zero-order valence-electron chi connectivity index (χ0n) is 16.9. The van der Waals surface area contributed by atoms with Crippen LogP contribution in [0.3, 0.4) is 0 Å². The summed E-state index contributed by atoms with van der Waals surface area (Å²) in [5, 5.41) is 10.4. The van der Waals surface area contributed by atoms with Crippen LogP contribution in [0.4, 0.5) is 5.69 Å². The molecule has 29 heavy (non-hydrogen) atoms. The van der Waals surface area contributed by atoms with Crippen molar-refractivity contribution in [1.82, 2.24) is 4.90 Å². The summed E-state index contributed by atoms with van der Waals surface area (Å²) in [4.78, 5) is 5.18. The molecule has 0 unspecified atom stereocenters. The van der Waals surface area contributed by atoms with Crippen LogP contribution in [0.25, 0.3) is 0 Å². The number of anilines is 1.